The molecule has 2 aromatic carbocycles. The molecule has 0 saturated carbocycles. The fraction of sp³-hybridized carbons (Fsp3) is 0.400. The summed E-state index contributed by atoms with van der Waals surface area (Å²) in [5.41, 5.74) is 8.26. The number of hydrogen-bond donors (Lipinski definition) is 0. The molecule has 8 nitrogen and oxygen atoms in total. The number of fused-ring (bicyclic) bond motifs is 3. The van der Waals surface area contributed by atoms with Crippen molar-refractivity contribution in [1.29, 1.82) is 0 Å². The van der Waals surface area contributed by atoms with Gasteiger partial charge in [-0.05, 0) is 55.5 Å². The van der Waals surface area contributed by atoms with Crippen molar-refractivity contribution < 1.29 is 23.9 Å². The normalized spacial score (nSPS) is 17.6. The zero-order chi connectivity index (χ0) is 30.6. The molecule has 8 heteroatoms. The smallest absolute Gasteiger partial charge is 0.331 e. The Hall–Kier alpha value is -4.17. The highest BCUT2D eigenvalue weighted by Crippen LogP contribution is 2.34. The number of carbonyl (C=O) groups is 1. The molecule has 4 aromatic rings. The second-order valence-corrected chi connectivity index (χ2v) is 12.4. The fourth-order valence-corrected chi connectivity index (χ4v) is 5.79. The van der Waals surface area contributed by atoms with E-state index in [2.05, 4.69) is 58.8 Å². The lowest BCUT2D eigenvalue weighted by Crippen LogP contribution is -2.50. The third-order valence-electron chi connectivity index (χ3n) is 8.31. The van der Waals surface area contributed by atoms with Crippen LogP contribution in [0, 0.1) is 19.8 Å². The molecular formula is C35H42N4O4. The lowest BCUT2D eigenvalue weighted by molar-refractivity contribution is -0.940. The quantitative estimate of drug-likeness (QED) is 0.115. The van der Waals surface area contributed by atoms with E-state index in [0.29, 0.717) is 4.48 Å². The maximum Gasteiger partial charge on any atom is 0.331 e. The first-order valence-corrected chi connectivity index (χ1v) is 15.1. The number of hydrogen-bond acceptors (Lipinski definition) is 6. The lowest BCUT2D eigenvalue weighted by Gasteiger charge is -2.40. The van der Waals surface area contributed by atoms with Gasteiger partial charge in [-0.3, -0.25) is 9.98 Å². The van der Waals surface area contributed by atoms with Gasteiger partial charge in [0.1, 0.15) is 26.0 Å². The van der Waals surface area contributed by atoms with E-state index in [1.807, 2.05) is 57.3 Å². The zero-order valence-electron chi connectivity index (χ0n) is 25.9. The first-order chi connectivity index (χ1) is 20.6. The van der Waals surface area contributed by atoms with Crippen LogP contribution in [0.5, 0.6) is 0 Å². The van der Waals surface area contributed by atoms with Gasteiger partial charge < -0.3 is 23.6 Å². The standard InChI is InChI=1S/C35H42N4O4/c1-24(2)33(34(40)42-22-28-9-7-6-8-10-28)37-35(41)43-23-39(5)18-16-32-30(21-39)29-19-25(3)11-14-31(29)38(32)17-15-27-13-12-26(4)36-20-27/h6-14,19-20,24,33H,15-18,21-23H2,1-5H3. The maximum atomic E-state index is 12.9. The molecule has 2 aromatic heterocycles. The topological polar surface area (TPSA) is 88.8 Å². The Balaban J connectivity index is 1.28. The Morgan fingerprint density at radius 1 is 1.07 bits per heavy atom. The van der Waals surface area contributed by atoms with Crippen LogP contribution < -0.4 is 5.11 Å². The Labute approximate surface area is 254 Å². The molecule has 0 radical (unpaired) electrons. The number of aliphatic imine (C=N–C) groups is 1. The van der Waals surface area contributed by atoms with E-state index in [4.69, 9.17) is 9.47 Å². The SMILES string of the molecule is Cc1ccc2c(c1)c1c(n2CCc2ccc(C)nc2)CC[N+](C)(COC([O-])=NC(C(=O)OCc2ccccc2)C(C)C)C1. The van der Waals surface area contributed by atoms with E-state index in [9.17, 15) is 9.90 Å². The summed E-state index contributed by atoms with van der Waals surface area (Å²) in [7, 11) is 2.11. The summed E-state index contributed by atoms with van der Waals surface area (Å²) in [6.07, 6.45) is 3.02. The van der Waals surface area contributed by atoms with Crippen molar-refractivity contribution in [2.45, 2.75) is 66.3 Å². The number of pyridine rings is 1. The monoisotopic (exact) mass is 582 g/mol. The highest BCUT2D eigenvalue weighted by Gasteiger charge is 2.32. The van der Waals surface area contributed by atoms with Crippen LogP contribution in [-0.4, -0.2) is 52.5 Å². The molecule has 226 valence electrons. The molecule has 0 amide bonds. The van der Waals surface area contributed by atoms with Crippen molar-refractivity contribution in [3.8, 4) is 0 Å². The van der Waals surface area contributed by atoms with Crippen LogP contribution in [0.25, 0.3) is 10.9 Å². The number of ether oxygens (including phenoxy) is 2. The van der Waals surface area contributed by atoms with E-state index >= 15 is 0 Å². The van der Waals surface area contributed by atoms with Gasteiger partial charge in [0, 0.05) is 47.0 Å². The van der Waals surface area contributed by atoms with E-state index in [0.717, 1.165) is 43.7 Å². The number of carbonyl (C=O) groups excluding carboxylic acids is 1. The number of benzene rings is 2. The van der Waals surface area contributed by atoms with Crippen LogP contribution in [0.4, 0.5) is 0 Å². The Morgan fingerprint density at radius 2 is 1.86 bits per heavy atom. The molecule has 0 spiro atoms. The number of esters is 1. The summed E-state index contributed by atoms with van der Waals surface area (Å²) in [4.78, 5) is 21.4. The van der Waals surface area contributed by atoms with Gasteiger partial charge in [-0.1, -0.05) is 61.9 Å². The summed E-state index contributed by atoms with van der Waals surface area (Å²) in [6.45, 7) is 10.6. The minimum absolute atomic E-state index is 0.139. The van der Waals surface area contributed by atoms with E-state index in [-0.39, 0.29) is 19.3 Å². The predicted molar refractivity (Wildman–Crippen MR) is 166 cm³/mol. The van der Waals surface area contributed by atoms with Gasteiger partial charge in [0.05, 0.1) is 13.6 Å². The maximum absolute atomic E-state index is 12.9. The van der Waals surface area contributed by atoms with Crippen LogP contribution in [0.1, 0.15) is 47.5 Å². The highest BCUT2D eigenvalue weighted by molar-refractivity contribution is 5.86. The van der Waals surface area contributed by atoms with Crippen molar-refractivity contribution >= 4 is 23.0 Å². The summed E-state index contributed by atoms with van der Waals surface area (Å²) in [5.74, 6) is -0.730. The molecule has 1 aliphatic rings. The summed E-state index contributed by atoms with van der Waals surface area (Å²) in [5, 5.41) is 14.1. The molecule has 0 aliphatic carbocycles. The minimum Gasteiger partial charge on any atom is -0.553 e. The number of nitrogens with zero attached hydrogens (tertiary/aromatic N) is 4. The third kappa shape index (κ3) is 7.25. The van der Waals surface area contributed by atoms with Crippen molar-refractivity contribution in [3.05, 3.63) is 101 Å². The third-order valence-corrected chi connectivity index (χ3v) is 8.31. The highest BCUT2D eigenvalue weighted by atomic mass is 16.6. The largest absolute Gasteiger partial charge is 0.553 e. The molecule has 0 saturated heterocycles. The van der Waals surface area contributed by atoms with Gasteiger partial charge in [-0.25, -0.2) is 4.79 Å². The summed E-state index contributed by atoms with van der Waals surface area (Å²) >= 11 is 0. The summed E-state index contributed by atoms with van der Waals surface area (Å²) < 4.78 is 14.2. The van der Waals surface area contributed by atoms with Gasteiger partial charge in [0.2, 0.25) is 0 Å². The number of aryl methyl sites for hydroxylation is 4. The average molecular weight is 583 g/mol. The Morgan fingerprint density at radius 3 is 2.58 bits per heavy atom. The molecule has 1 aliphatic heterocycles. The number of quaternary nitrogens is 1. The van der Waals surface area contributed by atoms with Crippen molar-refractivity contribution in [3.63, 3.8) is 0 Å². The molecule has 2 unspecified atom stereocenters. The Kier molecular flexibility index (Phi) is 9.16. The van der Waals surface area contributed by atoms with Crippen molar-refractivity contribution in [1.82, 2.24) is 9.55 Å². The van der Waals surface area contributed by atoms with Crippen LogP contribution >= 0.6 is 0 Å². The molecule has 2 atom stereocenters. The molecule has 43 heavy (non-hydrogen) atoms. The van der Waals surface area contributed by atoms with Crippen LogP contribution in [0.15, 0.2) is 71.9 Å². The molecule has 0 fully saturated rings. The first kappa shape index (κ1) is 30.3. The fourth-order valence-electron chi connectivity index (χ4n) is 5.79. The summed E-state index contributed by atoms with van der Waals surface area (Å²) in [6, 6.07) is 19.4. The van der Waals surface area contributed by atoms with Crippen molar-refractivity contribution in [2.75, 3.05) is 20.3 Å². The predicted octanol–water partition coefficient (Wildman–Crippen LogP) is 4.86. The van der Waals surface area contributed by atoms with Gasteiger partial charge in [-0.15, -0.1) is 0 Å². The van der Waals surface area contributed by atoms with Crippen LogP contribution in [0.3, 0.4) is 0 Å². The van der Waals surface area contributed by atoms with Crippen molar-refractivity contribution in [2.24, 2.45) is 10.9 Å². The first-order valence-electron chi connectivity index (χ1n) is 15.1. The van der Waals surface area contributed by atoms with Crippen LogP contribution in [0.2, 0.25) is 0 Å². The molecule has 5 rings (SSSR count). The van der Waals surface area contributed by atoms with E-state index in [1.165, 1.54) is 33.3 Å². The van der Waals surface area contributed by atoms with Gasteiger partial charge in [0.15, 0.2) is 6.04 Å². The molecule has 0 bridgehead atoms. The average Bonchev–Trinajstić information content (AvgIpc) is 3.29. The molecule has 3 heterocycles. The van der Waals surface area contributed by atoms with E-state index < -0.39 is 18.1 Å². The second-order valence-electron chi connectivity index (χ2n) is 12.4. The molecule has 0 N–H and O–H groups in total. The molecular weight excluding hydrogens is 540 g/mol. The second kappa shape index (κ2) is 13.0. The number of rotatable bonds is 10. The lowest BCUT2D eigenvalue weighted by atomic mass is 10.0. The van der Waals surface area contributed by atoms with Gasteiger partial charge in [0.25, 0.3) is 0 Å². The van der Waals surface area contributed by atoms with E-state index in [1.54, 1.807) is 0 Å². The zero-order valence-corrected chi connectivity index (χ0v) is 25.9. The van der Waals surface area contributed by atoms with Crippen LogP contribution in [-0.2, 0) is 46.8 Å². The van der Waals surface area contributed by atoms with Gasteiger partial charge >= 0.3 is 5.97 Å². The Bertz CT molecular complexity index is 1590. The minimum atomic E-state index is -0.917. The number of likely N-dealkylation sites (N-methyl/N-ethyl adjacent to an activating group) is 1. The number of aromatic nitrogens is 2. The van der Waals surface area contributed by atoms with Gasteiger partial charge in [-0.2, -0.15) is 0 Å².